The van der Waals surface area contributed by atoms with Crippen LogP contribution in [0.2, 0.25) is 0 Å². The Balaban J connectivity index is 1.58. The van der Waals surface area contributed by atoms with Gasteiger partial charge in [-0.15, -0.1) is 0 Å². The normalized spacial score (nSPS) is 21.1. The summed E-state index contributed by atoms with van der Waals surface area (Å²) in [5.74, 6) is 1.56. The van der Waals surface area contributed by atoms with Gasteiger partial charge in [0.2, 0.25) is 0 Å². The molecule has 2 aromatic rings. The van der Waals surface area contributed by atoms with Gasteiger partial charge in [-0.05, 0) is 35.8 Å². The van der Waals surface area contributed by atoms with E-state index in [0.717, 1.165) is 25.0 Å². The molecule has 0 radical (unpaired) electrons. The van der Waals surface area contributed by atoms with E-state index in [9.17, 15) is 0 Å². The summed E-state index contributed by atoms with van der Waals surface area (Å²) in [7, 11) is 0. The van der Waals surface area contributed by atoms with Crippen molar-refractivity contribution in [1.29, 1.82) is 0 Å². The van der Waals surface area contributed by atoms with Crippen LogP contribution in [0.5, 0.6) is 0 Å². The summed E-state index contributed by atoms with van der Waals surface area (Å²) < 4.78 is 12.5. The van der Waals surface area contributed by atoms with Gasteiger partial charge in [-0.2, -0.15) is 0 Å². The molecule has 2 aromatic carbocycles. The highest BCUT2D eigenvalue weighted by Gasteiger charge is 2.43. The van der Waals surface area contributed by atoms with Gasteiger partial charge in [0.15, 0.2) is 0 Å². The number of ether oxygens (including phenoxy) is 2. The van der Waals surface area contributed by atoms with Crippen LogP contribution in [0.1, 0.15) is 57.1 Å². The second-order valence-electron chi connectivity index (χ2n) is 8.74. The maximum absolute atomic E-state index is 6.23. The summed E-state index contributed by atoms with van der Waals surface area (Å²) in [4.78, 5) is 0. The molecule has 1 aliphatic rings. The molecule has 2 atom stereocenters. The molecule has 0 saturated heterocycles. The quantitative estimate of drug-likeness (QED) is 0.435. The number of hydrogen-bond donors (Lipinski definition) is 0. The van der Waals surface area contributed by atoms with Crippen molar-refractivity contribution in [3.05, 3.63) is 71.8 Å². The zero-order chi connectivity index (χ0) is 19.7. The van der Waals surface area contributed by atoms with E-state index in [2.05, 4.69) is 74.5 Å². The summed E-state index contributed by atoms with van der Waals surface area (Å²) in [5, 5.41) is 0. The Bertz CT molecular complexity index is 622. The summed E-state index contributed by atoms with van der Waals surface area (Å²) >= 11 is 0. The average molecular weight is 381 g/mol. The Kier molecular flexibility index (Phi) is 8.12. The van der Waals surface area contributed by atoms with Crippen molar-refractivity contribution < 1.29 is 9.47 Å². The predicted molar refractivity (Wildman–Crippen MR) is 116 cm³/mol. The molecule has 0 N–H and O–H groups in total. The number of rotatable bonds is 11. The molecule has 0 amide bonds. The van der Waals surface area contributed by atoms with E-state index in [1.54, 1.807) is 0 Å². The van der Waals surface area contributed by atoms with Crippen molar-refractivity contribution in [3.8, 4) is 0 Å². The van der Waals surface area contributed by atoms with Crippen molar-refractivity contribution in [2.24, 2.45) is 17.3 Å². The minimum absolute atomic E-state index is 0.154. The third-order valence-electron chi connectivity index (χ3n) is 6.22. The minimum atomic E-state index is 0.154. The molecule has 0 aromatic heterocycles. The van der Waals surface area contributed by atoms with Gasteiger partial charge in [-0.3, -0.25) is 0 Å². The van der Waals surface area contributed by atoms with E-state index in [-0.39, 0.29) is 5.41 Å². The zero-order valence-electron chi connectivity index (χ0n) is 17.6. The van der Waals surface area contributed by atoms with Gasteiger partial charge in [-0.1, -0.05) is 93.8 Å². The van der Waals surface area contributed by atoms with Crippen molar-refractivity contribution in [2.75, 3.05) is 13.2 Å². The molecule has 0 aliphatic heterocycles. The van der Waals surface area contributed by atoms with Crippen LogP contribution in [0, 0.1) is 17.3 Å². The monoisotopic (exact) mass is 380 g/mol. The summed E-state index contributed by atoms with van der Waals surface area (Å²) in [6.07, 6.45) is 6.41. The van der Waals surface area contributed by atoms with Crippen molar-refractivity contribution in [2.45, 2.75) is 59.2 Å². The summed E-state index contributed by atoms with van der Waals surface area (Å²) in [6, 6.07) is 21.0. The molecule has 1 saturated carbocycles. The van der Waals surface area contributed by atoms with Crippen LogP contribution in [0.4, 0.5) is 0 Å². The molecule has 1 aliphatic carbocycles. The van der Waals surface area contributed by atoms with Crippen molar-refractivity contribution in [1.82, 2.24) is 0 Å². The highest BCUT2D eigenvalue weighted by molar-refractivity contribution is 5.14. The Labute approximate surface area is 171 Å². The Hall–Kier alpha value is -1.64. The van der Waals surface area contributed by atoms with Gasteiger partial charge in [0.05, 0.1) is 26.4 Å². The molecule has 2 nitrogen and oxygen atoms in total. The van der Waals surface area contributed by atoms with Crippen molar-refractivity contribution >= 4 is 0 Å². The first-order valence-electron chi connectivity index (χ1n) is 10.9. The Morgan fingerprint density at radius 2 is 1.36 bits per heavy atom. The van der Waals surface area contributed by atoms with E-state index in [0.29, 0.717) is 13.2 Å². The molecule has 0 spiro atoms. The van der Waals surface area contributed by atoms with Crippen LogP contribution in [0.3, 0.4) is 0 Å². The smallest absolute Gasteiger partial charge is 0.0717 e. The molecule has 0 bridgehead atoms. The van der Waals surface area contributed by atoms with Gasteiger partial charge < -0.3 is 9.47 Å². The molecular weight excluding hydrogens is 344 g/mol. The number of benzene rings is 2. The lowest BCUT2D eigenvalue weighted by Gasteiger charge is -2.29. The standard InChI is InChI=1S/C26H36O2/c1-3-4-15-25-17-26(16-22(25)2,20-27-18-23-11-7-5-8-12-23)21-28-19-24-13-9-6-10-14-24/h5-14,22,25H,3-4,15-21H2,1-2H3/t22-,25-/m0/s1. The fourth-order valence-corrected chi connectivity index (χ4v) is 4.74. The topological polar surface area (TPSA) is 18.5 Å². The lowest BCUT2D eigenvalue weighted by Crippen LogP contribution is -2.30. The molecule has 1 fully saturated rings. The first-order valence-corrected chi connectivity index (χ1v) is 10.9. The highest BCUT2D eigenvalue weighted by Crippen LogP contribution is 2.48. The second kappa shape index (κ2) is 10.8. The van der Waals surface area contributed by atoms with E-state index in [1.165, 1.54) is 43.2 Å². The average Bonchev–Trinajstić information content (AvgIpc) is 3.03. The zero-order valence-corrected chi connectivity index (χ0v) is 17.6. The van der Waals surface area contributed by atoms with Gasteiger partial charge in [0.1, 0.15) is 0 Å². The molecule has 28 heavy (non-hydrogen) atoms. The lowest BCUT2D eigenvalue weighted by atomic mass is 9.86. The number of unbranched alkanes of at least 4 members (excludes halogenated alkanes) is 1. The van der Waals surface area contributed by atoms with Crippen LogP contribution in [0.25, 0.3) is 0 Å². The molecule has 2 heteroatoms. The van der Waals surface area contributed by atoms with Crippen LogP contribution >= 0.6 is 0 Å². The highest BCUT2D eigenvalue weighted by atomic mass is 16.5. The summed E-state index contributed by atoms with van der Waals surface area (Å²) in [5.41, 5.74) is 2.65. The van der Waals surface area contributed by atoms with E-state index in [1.807, 2.05) is 0 Å². The molecular formula is C26H36O2. The van der Waals surface area contributed by atoms with Gasteiger partial charge >= 0.3 is 0 Å². The molecule has 0 unspecified atom stereocenters. The fourth-order valence-electron chi connectivity index (χ4n) is 4.74. The van der Waals surface area contributed by atoms with Crippen LogP contribution < -0.4 is 0 Å². The maximum Gasteiger partial charge on any atom is 0.0717 e. The van der Waals surface area contributed by atoms with E-state index >= 15 is 0 Å². The number of hydrogen-bond acceptors (Lipinski definition) is 2. The lowest BCUT2D eigenvalue weighted by molar-refractivity contribution is -0.0328. The third kappa shape index (κ3) is 6.18. The maximum atomic E-state index is 6.23. The third-order valence-corrected chi connectivity index (χ3v) is 6.22. The van der Waals surface area contributed by atoms with Crippen molar-refractivity contribution in [3.63, 3.8) is 0 Å². The van der Waals surface area contributed by atoms with Crippen LogP contribution in [-0.4, -0.2) is 13.2 Å². The minimum Gasteiger partial charge on any atom is -0.376 e. The first kappa shape index (κ1) is 21.1. The second-order valence-corrected chi connectivity index (χ2v) is 8.74. The largest absolute Gasteiger partial charge is 0.376 e. The molecule has 3 rings (SSSR count). The molecule has 152 valence electrons. The van der Waals surface area contributed by atoms with Crippen LogP contribution in [0.15, 0.2) is 60.7 Å². The van der Waals surface area contributed by atoms with E-state index in [4.69, 9.17) is 9.47 Å². The van der Waals surface area contributed by atoms with Gasteiger partial charge in [0.25, 0.3) is 0 Å². The Morgan fingerprint density at radius 1 is 0.821 bits per heavy atom. The van der Waals surface area contributed by atoms with Gasteiger partial charge in [0, 0.05) is 5.41 Å². The van der Waals surface area contributed by atoms with Crippen LogP contribution in [-0.2, 0) is 22.7 Å². The van der Waals surface area contributed by atoms with E-state index < -0.39 is 0 Å². The Morgan fingerprint density at radius 3 is 1.86 bits per heavy atom. The fraction of sp³-hybridized carbons (Fsp3) is 0.538. The SMILES string of the molecule is CCCC[C@H]1CC(COCc2ccccc2)(COCc2ccccc2)C[C@@H]1C. The summed E-state index contributed by atoms with van der Waals surface area (Å²) in [6.45, 7) is 7.69. The first-order chi connectivity index (χ1) is 13.7. The predicted octanol–water partition coefficient (Wildman–Crippen LogP) is 6.64. The van der Waals surface area contributed by atoms with Gasteiger partial charge in [-0.25, -0.2) is 0 Å². The molecule has 0 heterocycles.